The summed E-state index contributed by atoms with van der Waals surface area (Å²) in [6, 6.07) is 18.5. The Morgan fingerprint density at radius 1 is 1.00 bits per heavy atom. The van der Waals surface area contributed by atoms with Crippen LogP contribution in [0.25, 0.3) is 0 Å². The highest BCUT2D eigenvalue weighted by molar-refractivity contribution is 8.00. The van der Waals surface area contributed by atoms with E-state index in [2.05, 4.69) is 24.3 Å². The first-order chi connectivity index (χ1) is 11.1. The van der Waals surface area contributed by atoms with Crippen LogP contribution in [0.1, 0.15) is 36.8 Å². The molecule has 0 fully saturated rings. The molecule has 0 bridgehead atoms. The van der Waals surface area contributed by atoms with E-state index in [1.54, 1.807) is 0 Å². The normalized spacial score (nSPS) is 12.0. The average molecular weight is 328 g/mol. The van der Waals surface area contributed by atoms with Crippen molar-refractivity contribution < 1.29 is 9.90 Å². The first kappa shape index (κ1) is 17.6. The second-order valence-corrected chi connectivity index (χ2v) is 7.12. The van der Waals surface area contributed by atoms with Crippen molar-refractivity contribution in [1.29, 1.82) is 0 Å². The summed E-state index contributed by atoms with van der Waals surface area (Å²) in [6.07, 6.45) is 4.95. The van der Waals surface area contributed by atoms with Crippen molar-refractivity contribution in [2.45, 2.75) is 49.2 Å². The number of carboxylic acid groups (broad SMARTS) is 1. The van der Waals surface area contributed by atoms with Gasteiger partial charge in [0.25, 0.3) is 0 Å². The second-order valence-electron chi connectivity index (χ2n) is 5.84. The number of aliphatic carboxylic acids is 1. The Balaban J connectivity index is 1.72. The molecular formula is C20H24O2S. The molecule has 0 saturated heterocycles. The van der Waals surface area contributed by atoms with Crippen molar-refractivity contribution in [3.8, 4) is 0 Å². The molecule has 2 aromatic rings. The number of aryl methyl sites for hydroxylation is 2. The molecule has 122 valence electrons. The third-order valence-electron chi connectivity index (χ3n) is 3.85. The molecular weight excluding hydrogens is 304 g/mol. The van der Waals surface area contributed by atoms with Crippen LogP contribution in [-0.2, 0) is 11.2 Å². The molecule has 23 heavy (non-hydrogen) atoms. The Hall–Kier alpha value is -1.74. The van der Waals surface area contributed by atoms with E-state index in [1.807, 2.05) is 37.3 Å². The summed E-state index contributed by atoms with van der Waals surface area (Å²) < 4.78 is 0. The number of thioether (sulfide) groups is 1. The Morgan fingerprint density at radius 3 is 2.35 bits per heavy atom. The van der Waals surface area contributed by atoms with E-state index >= 15 is 0 Å². The van der Waals surface area contributed by atoms with Crippen LogP contribution in [-0.4, -0.2) is 16.3 Å². The molecule has 0 radical (unpaired) electrons. The third kappa shape index (κ3) is 6.49. The molecule has 1 unspecified atom stereocenters. The number of hydrogen-bond acceptors (Lipinski definition) is 2. The Morgan fingerprint density at radius 2 is 1.70 bits per heavy atom. The zero-order valence-corrected chi connectivity index (χ0v) is 14.4. The lowest BCUT2D eigenvalue weighted by Gasteiger charge is -2.12. The van der Waals surface area contributed by atoms with Crippen molar-refractivity contribution in [2.24, 2.45) is 0 Å². The predicted octanol–water partition coefficient (Wildman–Crippen LogP) is 5.34. The van der Waals surface area contributed by atoms with Crippen LogP contribution < -0.4 is 0 Å². The summed E-state index contributed by atoms with van der Waals surface area (Å²) in [4.78, 5) is 12.5. The number of carboxylic acids is 1. The lowest BCUT2D eigenvalue weighted by Crippen LogP contribution is -2.16. The molecule has 1 atom stereocenters. The minimum atomic E-state index is -0.710. The number of carbonyl (C=O) groups is 1. The number of benzene rings is 2. The highest BCUT2D eigenvalue weighted by Crippen LogP contribution is 2.27. The highest BCUT2D eigenvalue weighted by Gasteiger charge is 2.18. The molecule has 3 heteroatoms. The number of unbranched alkanes of at least 4 members (excludes halogenated alkanes) is 2. The quantitative estimate of drug-likeness (QED) is 0.498. The SMILES string of the molecule is Cc1ccc(SC(CCCCCc2ccccc2)C(=O)O)cc1. The predicted molar refractivity (Wildman–Crippen MR) is 97.1 cm³/mol. The first-order valence-electron chi connectivity index (χ1n) is 8.15. The monoisotopic (exact) mass is 328 g/mol. The van der Waals surface area contributed by atoms with Crippen LogP contribution >= 0.6 is 11.8 Å². The van der Waals surface area contributed by atoms with Gasteiger partial charge in [-0.05, 0) is 43.9 Å². The van der Waals surface area contributed by atoms with Crippen molar-refractivity contribution in [3.05, 3.63) is 65.7 Å². The van der Waals surface area contributed by atoms with E-state index in [0.29, 0.717) is 0 Å². The summed E-state index contributed by atoms with van der Waals surface area (Å²) in [5, 5.41) is 9.05. The van der Waals surface area contributed by atoms with Gasteiger partial charge in [-0.15, -0.1) is 11.8 Å². The second kappa shape index (κ2) is 9.41. The molecule has 0 spiro atoms. The Kier molecular flexibility index (Phi) is 7.21. The highest BCUT2D eigenvalue weighted by atomic mass is 32.2. The molecule has 0 aliphatic heterocycles. The molecule has 0 amide bonds. The standard InChI is InChI=1S/C20H24O2S/c1-16-12-14-18(15-13-16)23-19(20(21)22)11-7-3-6-10-17-8-4-2-5-9-17/h2,4-5,8-9,12-15,19H,3,6-7,10-11H2,1H3,(H,21,22). The van der Waals surface area contributed by atoms with E-state index in [9.17, 15) is 9.90 Å². The summed E-state index contributed by atoms with van der Waals surface area (Å²) in [5.41, 5.74) is 2.55. The molecule has 0 aliphatic carbocycles. The smallest absolute Gasteiger partial charge is 0.316 e. The van der Waals surface area contributed by atoms with Gasteiger partial charge in [0, 0.05) is 4.90 Å². The van der Waals surface area contributed by atoms with Gasteiger partial charge < -0.3 is 5.11 Å². The average Bonchev–Trinajstić information content (AvgIpc) is 2.56. The van der Waals surface area contributed by atoms with Crippen LogP contribution in [0.2, 0.25) is 0 Å². The van der Waals surface area contributed by atoms with E-state index in [4.69, 9.17) is 0 Å². The third-order valence-corrected chi connectivity index (χ3v) is 5.12. The molecule has 2 nitrogen and oxygen atoms in total. The van der Waals surface area contributed by atoms with Gasteiger partial charge >= 0.3 is 5.97 Å². The van der Waals surface area contributed by atoms with Gasteiger partial charge in [-0.1, -0.05) is 60.9 Å². The maximum Gasteiger partial charge on any atom is 0.316 e. The maximum atomic E-state index is 11.4. The largest absolute Gasteiger partial charge is 0.480 e. The lowest BCUT2D eigenvalue weighted by atomic mass is 10.1. The van der Waals surface area contributed by atoms with E-state index in [1.165, 1.54) is 22.9 Å². The van der Waals surface area contributed by atoms with E-state index < -0.39 is 5.97 Å². The van der Waals surface area contributed by atoms with Gasteiger partial charge in [0.2, 0.25) is 0 Å². The summed E-state index contributed by atoms with van der Waals surface area (Å²) in [5.74, 6) is -0.710. The van der Waals surface area contributed by atoms with Gasteiger partial charge in [0.15, 0.2) is 0 Å². The fraction of sp³-hybridized carbons (Fsp3) is 0.350. The van der Waals surface area contributed by atoms with Gasteiger partial charge in [0.1, 0.15) is 5.25 Å². The number of rotatable bonds is 9. The summed E-state index contributed by atoms with van der Waals surface area (Å²) >= 11 is 1.46. The van der Waals surface area contributed by atoms with Crippen LogP contribution in [0, 0.1) is 6.92 Å². The van der Waals surface area contributed by atoms with Crippen LogP contribution in [0.5, 0.6) is 0 Å². The molecule has 0 aromatic heterocycles. The van der Waals surface area contributed by atoms with E-state index in [-0.39, 0.29) is 5.25 Å². The zero-order chi connectivity index (χ0) is 16.5. The molecule has 0 aliphatic rings. The molecule has 0 heterocycles. The van der Waals surface area contributed by atoms with Crippen LogP contribution in [0.4, 0.5) is 0 Å². The Bertz CT molecular complexity index is 593. The van der Waals surface area contributed by atoms with Crippen molar-refractivity contribution in [1.82, 2.24) is 0 Å². The van der Waals surface area contributed by atoms with Crippen molar-refractivity contribution in [3.63, 3.8) is 0 Å². The van der Waals surface area contributed by atoms with Crippen molar-refractivity contribution in [2.75, 3.05) is 0 Å². The number of hydrogen-bond donors (Lipinski definition) is 1. The maximum absolute atomic E-state index is 11.4. The van der Waals surface area contributed by atoms with Crippen molar-refractivity contribution >= 4 is 17.7 Å². The lowest BCUT2D eigenvalue weighted by molar-refractivity contribution is -0.136. The van der Waals surface area contributed by atoms with Gasteiger partial charge in [-0.25, -0.2) is 0 Å². The minimum absolute atomic E-state index is 0.352. The molecule has 0 saturated carbocycles. The molecule has 2 rings (SSSR count). The fourth-order valence-corrected chi connectivity index (χ4v) is 3.50. The summed E-state index contributed by atoms with van der Waals surface area (Å²) in [7, 11) is 0. The minimum Gasteiger partial charge on any atom is -0.480 e. The molecule has 2 aromatic carbocycles. The van der Waals surface area contributed by atoms with E-state index in [0.717, 1.165) is 37.0 Å². The van der Waals surface area contributed by atoms with Gasteiger partial charge in [-0.3, -0.25) is 4.79 Å². The van der Waals surface area contributed by atoms with Gasteiger partial charge in [0.05, 0.1) is 0 Å². The topological polar surface area (TPSA) is 37.3 Å². The molecule has 1 N–H and O–H groups in total. The van der Waals surface area contributed by atoms with Crippen LogP contribution in [0.3, 0.4) is 0 Å². The zero-order valence-electron chi connectivity index (χ0n) is 13.6. The fourth-order valence-electron chi connectivity index (χ4n) is 2.49. The van der Waals surface area contributed by atoms with Gasteiger partial charge in [-0.2, -0.15) is 0 Å². The first-order valence-corrected chi connectivity index (χ1v) is 9.03. The summed E-state index contributed by atoms with van der Waals surface area (Å²) in [6.45, 7) is 2.04. The van der Waals surface area contributed by atoms with Crippen LogP contribution in [0.15, 0.2) is 59.5 Å². The Labute approximate surface area is 142 Å².